The van der Waals surface area contributed by atoms with Crippen LogP contribution in [0, 0.1) is 12.8 Å². The van der Waals surface area contributed by atoms with Crippen molar-refractivity contribution in [3.8, 4) is 0 Å². The van der Waals surface area contributed by atoms with Crippen LogP contribution in [-0.4, -0.2) is 5.13 Å². The molecular formula is C5H6ClF3. The molecule has 9 heavy (non-hydrogen) atoms. The Hall–Kier alpha value is 0.0800. The molecule has 0 heterocycles. The van der Waals surface area contributed by atoms with Gasteiger partial charge in [-0.3, -0.25) is 0 Å². The molecule has 0 aliphatic rings. The molecule has 0 saturated carbocycles. The minimum absolute atomic E-state index is 0.461. The lowest BCUT2D eigenvalue weighted by molar-refractivity contribution is 0.124. The molecule has 0 aliphatic heterocycles. The van der Waals surface area contributed by atoms with E-state index in [1.54, 1.807) is 0 Å². The van der Waals surface area contributed by atoms with Gasteiger partial charge < -0.3 is 0 Å². The topological polar surface area (TPSA) is 0 Å². The molecule has 0 fully saturated rings. The zero-order chi connectivity index (χ0) is 7.49. The van der Waals surface area contributed by atoms with Crippen LogP contribution in [0.3, 0.4) is 0 Å². The molecule has 0 N–H and O–H groups in total. The van der Waals surface area contributed by atoms with Gasteiger partial charge >= 0.3 is 6.43 Å². The number of halogens is 4. The average Bonchev–Trinajstić information content (AvgIpc) is 1.65. The highest BCUT2D eigenvalue weighted by Gasteiger charge is 2.38. The van der Waals surface area contributed by atoms with Gasteiger partial charge in [-0.25, -0.2) is 4.39 Å². The third-order valence-corrected chi connectivity index (χ3v) is 1.03. The van der Waals surface area contributed by atoms with Crippen LogP contribution in [0.15, 0.2) is 0 Å². The van der Waals surface area contributed by atoms with E-state index in [1.165, 1.54) is 13.3 Å². The van der Waals surface area contributed by atoms with Crippen molar-refractivity contribution in [3.05, 3.63) is 12.8 Å². The van der Waals surface area contributed by atoms with Crippen LogP contribution in [0.2, 0.25) is 0 Å². The highest BCUT2D eigenvalue weighted by atomic mass is 35.5. The fourth-order valence-corrected chi connectivity index (χ4v) is 0.488. The summed E-state index contributed by atoms with van der Waals surface area (Å²) < 4.78 is 34.9. The lowest BCUT2D eigenvalue weighted by Gasteiger charge is -2.12. The van der Waals surface area contributed by atoms with Crippen molar-refractivity contribution < 1.29 is 13.2 Å². The second kappa shape index (κ2) is 3.30. The van der Waals surface area contributed by atoms with E-state index in [4.69, 9.17) is 0 Å². The van der Waals surface area contributed by atoms with Gasteiger partial charge in [0.15, 0.2) is 0 Å². The second-order valence-corrected chi connectivity index (χ2v) is 2.18. The molecule has 54 valence electrons. The van der Waals surface area contributed by atoms with Crippen molar-refractivity contribution in [2.45, 2.75) is 18.5 Å². The van der Waals surface area contributed by atoms with Gasteiger partial charge in [0.2, 0.25) is 0 Å². The molecule has 0 spiro atoms. The molecular weight excluding hydrogens is 153 g/mol. The summed E-state index contributed by atoms with van der Waals surface area (Å²) in [6.45, 7) is 1.46. The Labute approximate surface area is 57.0 Å². The first kappa shape index (κ1) is 9.08. The number of rotatable bonds is 3. The fourth-order valence-electron chi connectivity index (χ4n) is 0.334. The number of hydrogen-bond acceptors (Lipinski definition) is 0. The van der Waals surface area contributed by atoms with Gasteiger partial charge in [-0.2, -0.15) is 8.78 Å². The molecule has 0 aliphatic carbocycles. The van der Waals surface area contributed by atoms with Crippen molar-refractivity contribution in [1.82, 2.24) is 0 Å². The van der Waals surface area contributed by atoms with Crippen molar-refractivity contribution in [2.24, 2.45) is 0 Å². The van der Waals surface area contributed by atoms with E-state index in [0.29, 0.717) is 0 Å². The molecule has 0 bridgehead atoms. The largest absolute Gasteiger partial charge is 0.361 e. The zero-order valence-electron chi connectivity index (χ0n) is 4.80. The van der Waals surface area contributed by atoms with Gasteiger partial charge in [0.25, 0.3) is 5.13 Å². The summed E-state index contributed by atoms with van der Waals surface area (Å²) in [6, 6.07) is 0. The van der Waals surface area contributed by atoms with E-state index in [1.807, 2.05) is 0 Å². The van der Waals surface area contributed by atoms with Crippen LogP contribution in [0.1, 0.15) is 13.3 Å². The Morgan fingerprint density at radius 1 is 1.67 bits per heavy atom. The first-order valence-corrected chi connectivity index (χ1v) is 2.72. The number of hydrogen-bond donors (Lipinski definition) is 0. The summed E-state index contributed by atoms with van der Waals surface area (Å²) in [4.78, 5) is 0. The maximum absolute atomic E-state index is 12.2. The third-order valence-electron chi connectivity index (χ3n) is 0.737. The predicted octanol–water partition coefficient (Wildman–Crippen LogP) is 2.93. The minimum Gasteiger partial charge on any atom is -0.219 e. The molecule has 1 unspecified atom stereocenters. The first-order chi connectivity index (χ1) is 4.00. The zero-order valence-corrected chi connectivity index (χ0v) is 5.55. The first-order valence-electron chi connectivity index (χ1n) is 2.35. The highest BCUT2D eigenvalue weighted by Crippen LogP contribution is 2.35. The Kier molecular flexibility index (Phi) is 3.33. The lowest BCUT2D eigenvalue weighted by Crippen LogP contribution is -2.17. The molecule has 0 aromatic carbocycles. The van der Waals surface area contributed by atoms with E-state index < -0.39 is 18.0 Å². The molecule has 2 radical (unpaired) electrons. The molecule has 1 atom stereocenters. The fraction of sp³-hybridized carbons (Fsp3) is 0.600. The van der Waals surface area contributed by atoms with E-state index in [9.17, 15) is 13.2 Å². The maximum Gasteiger partial charge on any atom is 0.361 e. The molecule has 0 rings (SSSR count). The predicted molar refractivity (Wildman–Crippen MR) is 29.7 cm³/mol. The lowest BCUT2D eigenvalue weighted by atomic mass is 10.2. The maximum atomic E-state index is 12.2. The van der Waals surface area contributed by atoms with Crippen LogP contribution >= 0.6 is 11.6 Å². The van der Waals surface area contributed by atoms with Crippen molar-refractivity contribution >= 4 is 11.6 Å². The monoisotopic (exact) mass is 158 g/mol. The van der Waals surface area contributed by atoms with E-state index in [0.717, 1.165) is 0 Å². The van der Waals surface area contributed by atoms with Crippen LogP contribution in [0.25, 0.3) is 0 Å². The summed E-state index contributed by atoms with van der Waals surface area (Å²) in [5.74, 6) is 0. The van der Waals surface area contributed by atoms with Gasteiger partial charge in [-0.05, 0) is 6.42 Å². The molecule has 0 aromatic heterocycles. The van der Waals surface area contributed by atoms with E-state index in [2.05, 4.69) is 11.6 Å². The van der Waals surface area contributed by atoms with Gasteiger partial charge in [0.05, 0.1) is 0 Å². The van der Waals surface area contributed by atoms with Crippen molar-refractivity contribution in [2.75, 3.05) is 0 Å². The molecule has 0 saturated heterocycles. The van der Waals surface area contributed by atoms with Crippen LogP contribution in [0.5, 0.6) is 0 Å². The van der Waals surface area contributed by atoms with Crippen LogP contribution in [0.4, 0.5) is 13.2 Å². The Morgan fingerprint density at radius 3 is 2.22 bits per heavy atom. The van der Waals surface area contributed by atoms with Crippen molar-refractivity contribution in [3.63, 3.8) is 0 Å². The normalized spacial score (nSPS) is 18.0. The minimum atomic E-state index is -2.95. The van der Waals surface area contributed by atoms with Crippen LogP contribution in [-0.2, 0) is 0 Å². The Morgan fingerprint density at radius 2 is 2.11 bits per heavy atom. The second-order valence-electron chi connectivity index (χ2n) is 1.58. The summed E-state index contributed by atoms with van der Waals surface area (Å²) in [5, 5.41) is -2.95. The van der Waals surface area contributed by atoms with E-state index in [-0.39, 0.29) is 0 Å². The van der Waals surface area contributed by atoms with Gasteiger partial charge in [0.1, 0.15) is 0 Å². The third kappa shape index (κ3) is 2.94. The summed E-state index contributed by atoms with van der Waals surface area (Å²) in [6.07, 6.45) is -1.61. The standard InChI is InChI=1S/C5H6ClF3/c1-2-3-5(6,9)4(7)8/h2H,3H2,1H3. The summed E-state index contributed by atoms with van der Waals surface area (Å²) in [5.41, 5.74) is 0. The molecule has 4 heteroatoms. The number of alkyl halides is 2. The van der Waals surface area contributed by atoms with Gasteiger partial charge in [-0.1, -0.05) is 18.5 Å². The SMILES string of the molecule is C[CH]CC(F)(Cl)[C](F)F. The summed E-state index contributed by atoms with van der Waals surface area (Å²) in [7, 11) is 0. The molecule has 0 aromatic rings. The highest BCUT2D eigenvalue weighted by molar-refractivity contribution is 6.23. The Balaban J connectivity index is 3.70. The Bertz CT molecular complexity index is 82.3. The molecule has 0 amide bonds. The average molecular weight is 159 g/mol. The van der Waals surface area contributed by atoms with Gasteiger partial charge in [0, 0.05) is 6.42 Å². The van der Waals surface area contributed by atoms with E-state index >= 15 is 0 Å². The van der Waals surface area contributed by atoms with Crippen LogP contribution < -0.4 is 0 Å². The quantitative estimate of drug-likeness (QED) is 0.554. The van der Waals surface area contributed by atoms with Gasteiger partial charge in [-0.15, -0.1) is 0 Å². The smallest absolute Gasteiger partial charge is 0.219 e. The summed E-state index contributed by atoms with van der Waals surface area (Å²) >= 11 is 4.69. The molecule has 0 nitrogen and oxygen atoms in total. The van der Waals surface area contributed by atoms with Crippen molar-refractivity contribution in [1.29, 1.82) is 0 Å².